The van der Waals surface area contributed by atoms with Gasteiger partial charge in [-0.1, -0.05) is 0 Å². The molecule has 2 aromatic rings. The van der Waals surface area contributed by atoms with E-state index in [9.17, 15) is 0 Å². The zero-order valence-corrected chi connectivity index (χ0v) is 8.48. The molecule has 78 valence electrons. The first-order chi connectivity index (χ1) is 7.28. The Bertz CT molecular complexity index is 436. The minimum Gasteiger partial charge on any atom is -0.480 e. The molecule has 0 aliphatic heterocycles. The van der Waals surface area contributed by atoms with Crippen molar-refractivity contribution in [3.8, 4) is 5.88 Å². The summed E-state index contributed by atoms with van der Waals surface area (Å²) in [4.78, 5) is 8.12. The van der Waals surface area contributed by atoms with Crippen molar-refractivity contribution in [3.63, 3.8) is 0 Å². The van der Waals surface area contributed by atoms with Gasteiger partial charge < -0.3 is 10.1 Å². The number of anilines is 2. The summed E-state index contributed by atoms with van der Waals surface area (Å²) in [6.45, 7) is 1.93. The molecule has 0 radical (unpaired) electrons. The molecule has 0 bridgehead atoms. The molecule has 15 heavy (non-hydrogen) atoms. The largest absolute Gasteiger partial charge is 0.480 e. The van der Waals surface area contributed by atoms with Gasteiger partial charge in [0.05, 0.1) is 19.5 Å². The van der Waals surface area contributed by atoms with Crippen LogP contribution in [0.1, 0.15) is 5.69 Å². The summed E-state index contributed by atoms with van der Waals surface area (Å²) >= 11 is 0. The second-order valence-electron chi connectivity index (χ2n) is 3.01. The van der Waals surface area contributed by atoms with Crippen LogP contribution >= 0.6 is 0 Å². The third kappa shape index (κ3) is 2.22. The van der Waals surface area contributed by atoms with Gasteiger partial charge >= 0.3 is 0 Å². The maximum absolute atomic E-state index is 4.90. The number of aromatic nitrogens is 4. The van der Waals surface area contributed by atoms with Crippen LogP contribution in [0.25, 0.3) is 0 Å². The van der Waals surface area contributed by atoms with Gasteiger partial charge in [0.1, 0.15) is 5.82 Å². The average molecular weight is 205 g/mol. The number of rotatable bonds is 3. The Kier molecular flexibility index (Phi) is 2.49. The molecule has 0 unspecified atom stereocenters. The Hall–Kier alpha value is -2.11. The Morgan fingerprint density at radius 2 is 2.13 bits per heavy atom. The van der Waals surface area contributed by atoms with E-state index < -0.39 is 0 Å². The lowest BCUT2D eigenvalue weighted by molar-refractivity contribution is 0.396. The van der Waals surface area contributed by atoms with Crippen LogP contribution in [-0.4, -0.2) is 27.3 Å². The standard InChI is InChI=1S/C9H11N5O/c1-6-3-7(14-13-6)12-8-4-11-9(15-2)5-10-8/h3-5H,1-2H3,(H2,10,12,13,14). The molecule has 0 atom stereocenters. The molecule has 6 nitrogen and oxygen atoms in total. The highest BCUT2D eigenvalue weighted by atomic mass is 16.5. The minimum absolute atomic E-state index is 0.485. The van der Waals surface area contributed by atoms with Crippen molar-refractivity contribution in [2.24, 2.45) is 0 Å². The number of nitrogens with zero attached hydrogens (tertiary/aromatic N) is 3. The van der Waals surface area contributed by atoms with E-state index in [1.54, 1.807) is 19.5 Å². The molecule has 0 fully saturated rings. The molecule has 2 N–H and O–H groups in total. The predicted molar refractivity (Wildman–Crippen MR) is 55.2 cm³/mol. The predicted octanol–water partition coefficient (Wildman–Crippen LogP) is 1.26. The monoisotopic (exact) mass is 205 g/mol. The van der Waals surface area contributed by atoms with Crippen LogP contribution in [0.15, 0.2) is 18.5 Å². The highest BCUT2D eigenvalue weighted by Gasteiger charge is 2.00. The van der Waals surface area contributed by atoms with Crippen molar-refractivity contribution < 1.29 is 4.74 Å². The Balaban J connectivity index is 2.11. The van der Waals surface area contributed by atoms with Crippen molar-refractivity contribution in [2.45, 2.75) is 6.92 Å². The summed E-state index contributed by atoms with van der Waals surface area (Å²) in [7, 11) is 1.55. The number of aromatic amines is 1. The van der Waals surface area contributed by atoms with Crippen LogP contribution < -0.4 is 10.1 Å². The van der Waals surface area contributed by atoms with Crippen molar-refractivity contribution in [3.05, 3.63) is 24.2 Å². The van der Waals surface area contributed by atoms with Crippen LogP contribution in [0, 0.1) is 6.92 Å². The maximum Gasteiger partial charge on any atom is 0.232 e. The number of hydrogen-bond donors (Lipinski definition) is 2. The summed E-state index contributed by atoms with van der Waals surface area (Å²) < 4.78 is 4.90. The van der Waals surface area contributed by atoms with Gasteiger partial charge in [-0.3, -0.25) is 5.10 Å². The Labute approximate surface area is 86.7 Å². The Morgan fingerprint density at radius 1 is 1.27 bits per heavy atom. The van der Waals surface area contributed by atoms with Crippen LogP contribution in [0.5, 0.6) is 5.88 Å². The van der Waals surface area contributed by atoms with Gasteiger partial charge in [-0.25, -0.2) is 9.97 Å². The molecule has 0 aliphatic rings. The summed E-state index contributed by atoms with van der Waals surface area (Å²) in [6.07, 6.45) is 3.13. The van der Waals surface area contributed by atoms with Gasteiger partial charge in [-0.2, -0.15) is 5.10 Å². The summed E-state index contributed by atoms with van der Waals surface area (Å²) in [6, 6.07) is 1.88. The molecule has 2 heterocycles. The molecule has 2 rings (SSSR count). The van der Waals surface area contributed by atoms with E-state index in [2.05, 4.69) is 25.5 Å². The SMILES string of the molecule is COc1cnc(Nc2cc(C)[nH]n2)cn1. The highest BCUT2D eigenvalue weighted by Crippen LogP contribution is 2.12. The fraction of sp³-hybridized carbons (Fsp3) is 0.222. The molecule has 6 heteroatoms. The van der Waals surface area contributed by atoms with Crippen molar-refractivity contribution in [1.29, 1.82) is 0 Å². The number of H-pyrrole nitrogens is 1. The molecule has 0 spiro atoms. The van der Waals surface area contributed by atoms with Crippen LogP contribution in [-0.2, 0) is 0 Å². The van der Waals surface area contributed by atoms with E-state index >= 15 is 0 Å². The average Bonchev–Trinajstić information content (AvgIpc) is 2.65. The number of aryl methyl sites for hydroxylation is 1. The smallest absolute Gasteiger partial charge is 0.232 e. The number of nitrogens with one attached hydrogen (secondary N) is 2. The molecular formula is C9H11N5O. The Morgan fingerprint density at radius 3 is 2.67 bits per heavy atom. The highest BCUT2D eigenvalue weighted by molar-refractivity contribution is 5.50. The lowest BCUT2D eigenvalue weighted by Gasteiger charge is -2.01. The van der Waals surface area contributed by atoms with Crippen molar-refractivity contribution >= 4 is 11.6 Å². The van der Waals surface area contributed by atoms with Gasteiger partial charge in [0.15, 0.2) is 5.82 Å². The second kappa shape index (κ2) is 3.95. The third-order valence-electron chi connectivity index (χ3n) is 1.80. The molecule has 0 aromatic carbocycles. The molecule has 2 aromatic heterocycles. The van der Waals surface area contributed by atoms with Crippen molar-refractivity contribution in [2.75, 3.05) is 12.4 Å². The topological polar surface area (TPSA) is 75.7 Å². The van der Waals surface area contributed by atoms with E-state index in [4.69, 9.17) is 4.74 Å². The van der Waals surface area contributed by atoms with E-state index in [0.717, 1.165) is 5.69 Å². The minimum atomic E-state index is 0.485. The molecule has 0 aliphatic carbocycles. The van der Waals surface area contributed by atoms with E-state index in [0.29, 0.717) is 17.5 Å². The molecule has 0 saturated carbocycles. The summed E-state index contributed by atoms with van der Waals surface area (Å²) in [5.41, 5.74) is 0.985. The van der Waals surface area contributed by atoms with Crippen LogP contribution in [0.4, 0.5) is 11.6 Å². The first-order valence-corrected chi connectivity index (χ1v) is 4.43. The lowest BCUT2D eigenvalue weighted by atomic mass is 10.5. The van der Waals surface area contributed by atoms with Gasteiger partial charge in [-0.15, -0.1) is 0 Å². The molecular weight excluding hydrogens is 194 g/mol. The quantitative estimate of drug-likeness (QED) is 0.788. The summed E-state index contributed by atoms with van der Waals surface area (Å²) in [5, 5.41) is 9.85. The number of methoxy groups -OCH3 is 1. The van der Waals surface area contributed by atoms with Crippen molar-refractivity contribution in [1.82, 2.24) is 20.2 Å². The number of hydrogen-bond acceptors (Lipinski definition) is 5. The first-order valence-electron chi connectivity index (χ1n) is 4.43. The van der Waals surface area contributed by atoms with Gasteiger partial charge in [-0.05, 0) is 6.92 Å². The van der Waals surface area contributed by atoms with E-state index in [1.807, 2.05) is 13.0 Å². The normalized spacial score (nSPS) is 10.0. The lowest BCUT2D eigenvalue weighted by Crippen LogP contribution is -1.96. The van der Waals surface area contributed by atoms with E-state index in [1.165, 1.54) is 0 Å². The zero-order valence-electron chi connectivity index (χ0n) is 8.48. The van der Waals surface area contributed by atoms with Crippen LogP contribution in [0.3, 0.4) is 0 Å². The van der Waals surface area contributed by atoms with Gasteiger partial charge in [0, 0.05) is 11.8 Å². The maximum atomic E-state index is 4.90. The second-order valence-corrected chi connectivity index (χ2v) is 3.01. The summed E-state index contributed by atoms with van der Waals surface area (Å²) in [5.74, 6) is 1.83. The fourth-order valence-electron chi connectivity index (χ4n) is 1.10. The number of ether oxygens (including phenoxy) is 1. The van der Waals surface area contributed by atoms with E-state index in [-0.39, 0.29) is 0 Å². The zero-order chi connectivity index (χ0) is 10.7. The third-order valence-corrected chi connectivity index (χ3v) is 1.80. The van der Waals surface area contributed by atoms with Crippen LogP contribution in [0.2, 0.25) is 0 Å². The van der Waals surface area contributed by atoms with Gasteiger partial charge in [0.25, 0.3) is 0 Å². The molecule has 0 saturated heterocycles. The first kappa shape index (κ1) is 9.45. The molecule has 0 amide bonds. The fourth-order valence-corrected chi connectivity index (χ4v) is 1.10. The van der Waals surface area contributed by atoms with Gasteiger partial charge in [0.2, 0.25) is 5.88 Å².